The Kier molecular flexibility index (Phi) is 4.68. The number of likely N-dealkylation sites (tertiary alicyclic amines) is 1. The predicted octanol–water partition coefficient (Wildman–Crippen LogP) is 0.444. The van der Waals surface area contributed by atoms with Gasteiger partial charge in [-0.05, 0) is 19.5 Å². The molecular weight excluding hydrogens is 230 g/mol. The highest BCUT2D eigenvalue weighted by Crippen LogP contribution is 2.17. The molecule has 0 amide bonds. The lowest BCUT2D eigenvalue weighted by atomic mass is 10.2. The molecule has 0 saturated carbocycles. The summed E-state index contributed by atoms with van der Waals surface area (Å²) in [5.74, 6) is 1.26. The van der Waals surface area contributed by atoms with Crippen molar-refractivity contribution in [3.63, 3.8) is 0 Å². The van der Waals surface area contributed by atoms with E-state index in [1.807, 2.05) is 0 Å². The van der Waals surface area contributed by atoms with Crippen LogP contribution in [-0.4, -0.2) is 52.2 Å². The molecule has 1 aliphatic rings. The van der Waals surface area contributed by atoms with E-state index in [4.69, 9.17) is 10.3 Å². The van der Waals surface area contributed by atoms with Crippen LogP contribution in [0.4, 0.5) is 0 Å². The first kappa shape index (κ1) is 13.5. The molecule has 1 saturated heterocycles. The van der Waals surface area contributed by atoms with Crippen LogP contribution in [0, 0.1) is 0 Å². The van der Waals surface area contributed by atoms with Gasteiger partial charge < -0.3 is 10.3 Å². The lowest BCUT2D eigenvalue weighted by molar-refractivity contribution is 0.207. The molecule has 2 N–H and O–H groups in total. The second kappa shape index (κ2) is 6.26. The fraction of sp³-hybridized carbons (Fsp3) is 0.833. The molecule has 0 aliphatic carbocycles. The van der Waals surface area contributed by atoms with Gasteiger partial charge in [-0.2, -0.15) is 4.98 Å². The Morgan fingerprint density at radius 1 is 1.44 bits per heavy atom. The van der Waals surface area contributed by atoms with Crippen molar-refractivity contribution in [2.75, 3.05) is 26.2 Å². The number of hydrogen-bond acceptors (Lipinski definition) is 6. The minimum atomic E-state index is 0.315. The highest BCUT2D eigenvalue weighted by Gasteiger charge is 2.26. The van der Waals surface area contributed by atoms with Crippen LogP contribution in [0.2, 0.25) is 0 Å². The topological polar surface area (TPSA) is 71.4 Å². The van der Waals surface area contributed by atoms with Gasteiger partial charge in [0.25, 0.3) is 0 Å². The van der Waals surface area contributed by atoms with Crippen molar-refractivity contribution in [3.05, 3.63) is 11.7 Å². The van der Waals surface area contributed by atoms with E-state index >= 15 is 0 Å². The van der Waals surface area contributed by atoms with E-state index in [9.17, 15) is 0 Å². The third-order valence-corrected chi connectivity index (χ3v) is 3.63. The maximum atomic E-state index is 5.45. The molecule has 6 heteroatoms. The molecule has 2 heterocycles. The van der Waals surface area contributed by atoms with E-state index in [-0.39, 0.29) is 0 Å². The largest absolute Gasteiger partial charge is 0.338 e. The molecule has 1 aromatic rings. The van der Waals surface area contributed by atoms with Gasteiger partial charge in [0.05, 0.1) is 13.1 Å². The minimum absolute atomic E-state index is 0.315. The molecule has 0 spiro atoms. The fourth-order valence-corrected chi connectivity index (χ4v) is 2.63. The summed E-state index contributed by atoms with van der Waals surface area (Å²) >= 11 is 0. The maximum Gasteiger partial charge on any atom is 0.240 e. The molecule has 6 nitrogen and oxygen atoms in total. The van der Waals surface area contributed by atoms with E-state index in [0.717, 1.165) is 38.5 Å². The monoisotopic (exact) mass is 253 g/mol. The molecule has 1 atom stereocenters. The summed E-state index contributed by atoms with van der Waals surface area (Å²) in [4.78, 5) is 9.14. The fourth-order valence-electron chi connectivity index (χ4n) is 2.63. The van der Waals surface area contributed by atoms with Crippen molar-refractivity contribution in [2.24, 2.45) is 5.73 Å². The first-order valence-corrected chi connectivity index (χ1v) is 6.74. The highest BCUT2D eigenvalue weighted by molar-refractivity contribution is 4.89. The van der Waals surface area contributed by atoms with Gasteiger partial charge in [0, 0.05) is 19.1 Å². The van der Waals surface area contributed by atoms with E-state index in [0.29, 0.717) is 18.5 Å². The van der Waals surface area contributed by atoms with Gasteiger partial charge in [0.2, 0.25) is 5.89 Å². The van der Waals surface area contributed by atoms with Crippen LogP contribution in [0.25, 0.3) is 0 Å². The summed E-state index contributed by atoms with van der Waals surface area (Å²) in [5, 5.41) is 3.94. The zero-order chi connectivity index (χ0) is 13.0. The van der Waals surface area contributed by atoms with Gasteiger partial charge in [0.15, 0.2) is 5.82 Å². The predicted molar refractivity (Wildman–Crippen MR) is 68.8 cm³/mol. The molecule has 1 unspecified atom stereocenters. The SMILES string of the molecule is CCN(CC)C1CCN(Cc2noc(CN)n2)C1. The van der Waals surface area contributed by atoms with E-state index < -0.39 is 0 Å². The maximum absolute atomic E-state index is 5.45. The van der Waals surface area contributed by atoms with Gasteiger partial charge in [-0.25, -0.2) is 0 Å². The molecule has 1 aliphatic heterocycles. The van der Waals surface area contributed by atoms with Crippen LogP contribution in [0.15, 0.2) is 4.52 Å². The quantitative estimate of drug-likeness (QED) is 0.793. The van der Waals surface area contributed by atoms with Crippen molar-refractivity contribution in [1.82, 2.24) is 19.9 Å². The summed E-state index contributed by atoms with van der Waals surface area (Å²) in [6.45, 7) is 9.96. The first-order chi connectivity index (χ1) is 8.76. The molecular formula is C12H23N5O. The Hall–Kier alpha value is -0.980. The summed E-state index contributed by atoms with van der Waals surface area (Å²) in [7, 11) is 0. The van der Waals surface area contributed by atoms with Gasteiger partial charge in [-0.3, -0.25) is 9.80 Å². The van der Waals surface area contributed by atoms with Gasteiger partial charge in [0.1, 0.15) is 0 Å². The molecule has 0 radical (unpaired) electrons. The Morgan fingerprint density at radius 3 is 2.83 bits per heavy atom. The van der Waals surface area contributed by atoms with Crippen LogP contribution in [0.3, 0.4) is 0 Å². The highest BCUT2D eigenvalue weighted by atomic mass is 16.5. The summed E-state index contributed by atoms with van der Waals surface area (Å²) in [6, 6.07) is 0.667. The average molecular weight is 253 g/mol. The number of hydrogen-bond donors (Lipinski definition) is 1. The zero-order valence-electron chi connectivity index (χ0n) is 11.3. The van der Waals surface area contributed by atoms with E-state index in [1.54, 1.807) is 0 Å². The normalized spacial score (nSPS) is 21.0. The lowest BCUT2D eigenvalue weighted by Crippen LogP contribution is -2.37. The number of nitrogens with two attached hydrogens (primary N) is 1. The van der Waals surface area contributed by atoms with Gasteiger partial charge >= 0.3 is 0 Å². The number of rotatable bonds is 6. The smallest absolute Gasteiger partial charge is 0.240 e. The molecule has 2 rings (SSSR count). The Morgan fingerprint density at radius 2 is 2.22 bits per heavy atom. The van der Waals surface area contributed by atoms with Crippen LogP contribution in [-0.2, 0) is 13.1 Å². The van der Waals surface area contributed by atoms with Crippen molar-refractivity contribution in [1.29, 1.82) is 0 Å². The Balaban J connectivity index is 1.85. The van der Waals surface area contributed by atoms with Crippen LogP contribution < -0.4 is 5.73 Å². The summed E-state index contributed by atoms with van der Waals surface area (Å²) in [6.07, 6.45) is 1.23. The van der Waals surface area contributed by atoms with Gasteiger partial charge in [-0.15, -0.1) is 0 Å². The zero-order valence-corrected chi connectivity index (χ0v) is 11.3. The van der Waals surface area contributed by atoms with E-state index in [1.165, 1.54) is 6.42 Å². The number of nitrogens with zero attached hydrogens (tertiary/aromatic N) is 4. The third kappa shape index (κ3) is 3.07. The summed E-state index contributed by atoms with van der Waals surface area (Å²) in [5.41, 5.74) is 5.45. The molecule has 0 bridgehead atoms. The second-order valence-corrected chi connectivity index (χ2v) is 4.71. The van der Waals surface area contributed by atoms with Crippen LogP contribution in [0.1, 0.15) is 32.0 Å². The van der Waals surface area contributed by atoms with E-state index in [2.05, 4.69) is 33.8 Å². The molecule has 18 heavy (non-hydrogen) atoms. The average Bonchev–Trinajstić information content (AvgIpc) is 3.01. The van der Waals surface area contributed by atoms with Crippen LogP contribution >= 0.6 is 0 Å². The van der Waals surface area contributed by atoms with Gasteiger partial charge in [-0.1, -0.05) is 19.0 Å². The standard InChI is InChI=1S/C12H23N5O/c1-3-17(4-2)10-5-6-16(8-10)9-11-14-12(7-13)18-15-11/h10H,3-9,13H2,1-2H3. The number of aromatic nitrogens is 2. The second-order valence-electron chi connectivity index (χ2n) is 4.71. The lowest BCUT2D eigenvalue weighted by Gasteiger charge is -2.25. The third-order valence-electron chi connectivity index (χ3n) is 3.63. The van der Waals surface area contributed by atoms with Crippen molar-refractivity contribution in [2.45, 2.75) is 39.4 Å². The summed E-state index contributed by atoms with van der Waals surface area (Å²) < 4.78 is 5.02. The molecule has 1 aromatic heterocycles. The molecule has 0 aromatic carbocycles. The Bertz CT molecular complexity index is 363. The molecule has 102 valence electrons. The minimum Gasteiger partial charge on any atom is -0.338 e. The van der Waals surface area contributed by atoms with Crippen molar-refractivity contribution < 1.29 is 4.52 Å². The van der Waals surface area contributed by atoms with Crippen LogP contribution in [0.5, 0.6) is 0 Å². The molecule has 1 fully saturated rings. The van der Waals surface area contributed by atoms with Crippen molar-refractivity contribution >= 4 is 0 Å². The number of likely N-dealkylation sites (N-methyl/N-ethyl adjacent to an activating group) is 1. The first-order valence-electron chi connectivity index (χ1n) is 6.74. The Labute approximate surface area is 108 Å². The van der Waals surface area contributed by atoms with Crippen molar-refractivity contribution in [3.8, 4) is 0 Å².